The average molecular weight is 259 g/mol. The third-order valence-electron chi connectivity index (χ3n) is 2.08. The van der Waals surface area contributed by atoms with Gasteiger partial charge >= 0.3 is 0 Å². The van der Waals surface area contributed by atoms with Crippen molar-refractivity contribution in [2.75, 3.05) is 0 Å². The molecule has 0 fully saturated rings. The first-order valence-electron chi connectivity index (χ1n) is 4.58. The normalized spacial score (nSPS) is 10.8. The number of aryl methyl sites for hydroxylation is 1. The van der Waals surface area contributed by atoms with Crippen molar-refractivity contribution in [3.63, 3.8) is 0 Å². The summed E-state index contributed by atoms with van der Waals surface area (Å²) in [7, 11) is 0. The summed E-state index contributed by atoms with van der Waals surface area (Å²) in [4.78, 5) is 4.18. The molecule has 5 heteroatoms. The van der Waals surface area contributed by atoms with E-state index in [1.165, 1.54) is 22.5 Å². The van der Waals surface area contributed by atoms with Crippen molar-refractivity contribution in [1.29, 1.82) is 0 Å². The molecule has 2 rings (SSSR count). The highest BCUT2D eigenvalue weighted by Crippen LogP contribution is 2.18. The summed E-state index contributed by atoms with van der Waals surface area (Å²) in [5.41, 5.74) is 2.72. The Morgan fingerprint density at radius 2 is 2.27 bits per heavy atom. The molecule has 0 saturated heterocycles. The Labute approximate surface area is 102 Å². The van der Waals surface area contributed by atoms with Gasteiger partial charge in [-0.25, -0.2) is 4.98 Å². The zero-order valence-electron chi connectivity index (χ0n) is 8.29. The minimum Gasteiger partial charge on any atom is -0.306 e. The monoisotopic (exact) mass is 258 g/mol. The first kappa shape index (κ1) is 11.1. The summed E-state index contributed by atoms with van der Waals surface area (Å²) in [6.07, 6.45) is 1.69. The molecule has 15 heavy (non-hydrogen) atoms. The van der Waals surface area contributed by atoms with Crippen molar-refractivity contribution >= 4 is 34.3 Å². The van der Waals surface area contributed by atoms with Crippen molar-refractivity contribution in [3.05, 3.63) is 37.4 Å². The maximum Gasteiger partial charge on any atom is 0.113 e. The Bertz CT molecular complexity index is 436. The fourth-order valence-electron chi connectivity index (χ4n) is 1.24. The van der Waals surface area contributed by atoms with E-state index in [0.717, 1.165) is 22.4 Å². The van der Waals surface area contributed by atoms with E-state index in [1.54, 1.807) is 17.5 Å². The van der Waals surface area contributed by atoms with Gasteiger partial charge in [0.1, 0.15) is 9.34 Å². The van der Waals surface area contributed by atoms with E-state index in [1.807, 2.05) is 0 Å². The Morgan fingerprint density at radius 3 is 2.87 bits per heavy atom. The number of thiophene rings is 1. The summed E-state index contributed by atoms with van der Waals surface area (Å²) >= 11 is 9.06. The molecule has 2 aromatic rings. The van der Waals surface area contributed by atoms with Crippen LogP contribution in [-0.2, 0) is 13.1 Å². The van der Waals surface area contributed by atoms with E-state index in [0.29, 0.717) is 0 Å². The topological polar surface area (TPSA) is 24.9 Å². The van der Waals surface area contributed by atoms with Crippen LogP contribution in [0, 0.1) is 6.92 Å². The van der Waals surface area contributed by atoms with Crippen molar-refractivity contribution < 1.29 is 0 Å². The molecule has 0 aliphatic heterocycles. The van der Waals surface area contributed by atoms with Gasteiger partial charge in [-0.2, -0.15) is 11.3 Å². The van der Waals surface area contributed by atoms with Gasteiger partial charge in [-0.3, -0.25) is 0 Å². The lowest BCUT2D eigenvalue weighted by Gasteiger charge is -2.01. The molecule has 0 spiro atoms. The zero-order valence-corrected chi connectivity index (χ0v) is 10.7. The van der Waals surface area contributed by atoms with Crippen LogP contribution >= 0.6 is 34.3 Å². The van der Waals surface area contributed by atoms with Gasteiger partial charge in [-0.1, -0.05) is 11.6 Å². The number of nitrogens with zero attached hydrogens (tertiary/aromatic N) is 1. The van der Waals surface area contributed by atoms with Gasteiger partial charge in [0.05, 0.1) is 6.20 Å². The van der Waals surface area contributed by atoms with Gasteiger partial charge in [0.15, 0.2) is 0 Å². The summed E-state index contributed by atoms with van der Waals surface area (Å²) < 4.78 is 0.749. The van der Waals surface area contributed by atoms with Crippen molar-refractivity contribution in [2.45, 2.75) is 20.0 Å². The number of rotatable bonds is 4. The van der Waals surface area contributed by atoms with E-state index in [-0.39, 0.29) is 0 Å². The number of hydrogen-bond donors (Lipinski definition) is 1. The van der Waals surface area contributed by atoms with Crippen molar-refractivity contribution in [2.24, 2.45) is 0 Å². The van der Waals surface area contributed by atoms with E-state index in [9.17, 15) is 0 Å². The van der Waals surface area contributed by atoms with Crippen molar-refractivity contribution in [3.8, 4) is 0 Å². The lowest BCUT2D eigenvalue weighted by molar-refractivity contribution is 0.689. The second kappa shape index (κ2) is 5.07. The van der Waals surface area contributed by atoms with Gasteiger partial charge in [-0.05, 0) is 28.8 Å². The van der Waals surface area contributed by atoms with E-state index < -0.39 is 0 Å². The molecule has 0 bridgehead atoms. The lowest BCUT2D eigenvalue weighted by atomic mass is 10.2. The summed E-state index contributed by atoms with van der Waals surface area (Å²) in [5, 5.41) is 8.73. The van der Waals surface area contributed by atoms with Gasteiger partial charge in [0.2, 0.25) is 0 Å². The predicted molar refractivity (Wildman–Crippen MR) is 66.7 cm³/mol. The third kappa shape index (κ3) is 3.01. The lowest BCUT2D eigenvalue weighted by Crippen LogP contribution is -2.12. The van der Waals surface area contributed by atoms with Crippen LogP contribution in [0.3, 0.4) is 0 Å². The minimum atomic E-state index is 0.749. The third-order valence-corrected chi connectivity index (χ3v) is 4.10. The van der Waals surface area contributed by atoms with Gasteiger partial charge < -0.3 is 5.32 Å². The highest BCUT2D eigenvalue weighted by molar-refractivity contribution is 7.15. The van der Waals surface area contributed by atoms with Gasteiger partial charge in [-0.15, -0.1) is 11.3 Å². The Balaban J connectivity index is 1.83. The molecule has 2 heterocycles. The van der Waals surface area contributed by atoms with Crippen LogP contribution in [0.25, 0.3) is 0 Å². The second-order valence-corrected chi connectivity index (χ2v) is 5.73. The van der Waals surface area contributed by atoms with Gasteiger partial charge in [0, 0.05) is 13.1 Å². The summed E-state index contributed by atoms with van der Waals surface area (Å²) in [6.45, 7) is 3.81. The average Bonchev–Trinajstić information content (AvgIpc) is 2.77. The molecule has 0 aliphatic carbocycles. The molecule has 0 saturated carbocycles. The summed E-state index contributed by atoms with van der Waals surface area (Å²) in [6, 6.07) is 0. The fraction of sp³-hybridized carbons (Fsp3) is 0.300. The molecule has 0 amide bonds. The van der Waals surface area contributed by atoms with E-state index in [4.69, 9.17) is 11.6 Å². The number of halogens is 1. The maximum absolute atomic E-state index is 5.79. The molecule has 1 N–H and O–H groups in total. The fourth-order valence-corrected chi connectivity index (χ4v) is 3.02. The molecular formula is C10H11ClN2S2. The van der Waals surface area contributed by atoms with Crippen LogP contribution < -0.4 is 5.32 Å². The quantitative estimate of drug-likeness (QED) is 0.909. The molecule has 0 radical (unpaired) electrons. The highest BCUT2D eigenvalue weighted by atomic mass is 35.5. The Hall–Kier alpha value is -0.420. The largest absolute Gasteiger partial charge is 0.306 e. The van der Waals surface area contributed by atoms with Crippen molar-refractivity contribution in [1.82, 2.24) is 10.3 Å². The number of thiazole rings is 1. The minimum absolute atomic E-state index is 0.749. The molecule has 0 atom stereocenters. The van der Waals surface area contributed by atoms with Crippen LogP contribution in [0.1, 0.15) is 16.1 Å². The molecule has 2 aromatic heterocycles. The standard InChI is InChI=1S/C10H11ClN2S2/c1-7-5-14-6-8(7)2-12-4-10-13-3-9(11)15-10/h3,5-6,12H,2,4H2,1H3. The molecule has 0 aliphatic rings. The zero-order chi connectivity index (χ0) is 10.7. The summed E-state index contributed by atoms with van der Waals surface area (Å²) in [5.74, 6) is 0. The van der Waals surface area contributed by atoms with Crippen LogP contribution in [0.15, 0.2) is 17.0 Å². The van der Waals surface area contributed by atoms with Crippen LogP contribution in [0.2, 0.25) is 4.34 Å². The Morgan fingerprint density at radius 1 is 1.40 bits per heavy atom. The van der Waals surface area contributed by atoms with E-state index >= 15 is 0 Å². The molecule has 0 aromatic carbocycles. The molecule has 80 valence electrons. The van der Waals surface area contributed by atoms with Gasteiger partial charge in [0.25, 0.3) is 0 Å². The predicted octanol–water partition coefficient (Wildman–Crippen LogP) is 3.46. The molecular weight excluding hydrogens is 248 g/mol. The number of nitrogens with one attached hydrogen (secondary N) is 1. The molecule has 2 nitrogen and oxygen atoms in total. The smallest absolute Gasteiger partial charge is 0.113 e. The van der Waals surface area contributed by atoms with Crippen LogP contribution in [-0.4, -0.2) is 4.98 Å². The first-order chi connectivity index (χ1) is 7.25. The highest BCUT2D eigenvalue weighted by Gasteiger charge is 2.01. The number of aromatic nitrogens is 1. The van der Waals surface area contributed by atoms with Crippen LogP contribution in [0.4, 0.5) is 0 Å². The number of hydrogen-bond acceptors (Lipinski definition) is 4. The maximum atomic E-state index is 5.79. The second-order valence-electron chi connectivity index (χ2n) is 3.24. The van der Waals surface area contributed by atoms with Crippen LogP contribution in [0.5, 0.6) is 0 Å². The first-order valence-corrected chi connectivity index (χ1v) is 6.72. The molecule has 0 unspecified atom stereocenters. The van der Waals surface area contributed by atoms with E-state index in [2.05, 4.69) is 28.0 Å². The SMILES string of the molecule is Cc1cscc1CNCc1ncc(Cl)s1. The Kier molecular flexibility index (Phi) is 3.75.